The highest BCUT2D eigenvalue weighted by Crippen LogP contribution is 2.34. The first-order valence-electron chi connectivity index (χ1n) is 6.14. The molecule has 1 N–H and O–H groups in total. The zero-order valence-electron chi connectivity index (χ0n) is 10.9. The average molecular weight is 552 g/mol. The molecule has 1 heterocycles. The summed E-state index contributed by atoms with van der Waals surface area (Å²) < 4.78 is 3.72. The first-order valence-corrected chi connectivity index (χ1v) is 9.31. The molecule has 0 bridgehead atoms. The molecule has 22 heavy (non-hydrogen) atoms. The van der Waals surface area contributed by atoms with E-state index in [1.807, 2.05) is 36.4 Å². The summed E-state index contributed by atoms with van der Waals surface area (Å²) in [7, 11) is 0. The Kier molecular flexibility index (Phi) is 5.01. The summed E-state index contributed by atoms with van der Waals surface area (Å²) in [6, 6.07) is 11.7. The molecule has 0 saturated carbocycles. The van der Waals surface area contributed by atoms with Gasteiger partial charge in [-0.25, -0.2) is 0 Å². The molecule has 1 aliphatic heterocycles. The standard InChI is InChI=1S/C14H8Br4N4/c15-8-3-1-4-9(16)13(8)12-7-19-22(21-20-12)14-10(17)5-2-6-11(14)18/h1-7,21H. The quantitative estimate of drug-likeness (QED) is 0.539. The Labute approximate surface area is 161 Å². The first kappa shape index (κ1) is 16.2. The van der Waals surface area contributed by atoms with Crippen molar-refractivity contribution in [2.75, 3.05) is 5.12 Å². The minimum Gasteiger partial charge on any atom is -0.197 e. The molecular formula is C14H8Br4N4. The van der Waals surface area contributed by atoms with Crippen LogP contribution in [0.5, 0.6) is 0 Å². The molecule has 0 fully saturated rings. The molecule has 0 atom stereocenters. The lowest BCUT2D eigenvalue weighted by molar-refractivity contribution is 0.676. The van der Waals surface area contributed by atoms with Crippen molar-refractivity contribution >= 4 is 81.3 Å². The first-order chi connectivity index (χ1) is 10.6. The summed E-state index contributed by atoms with van der Waals surface area (Å²) in [5.41, 5.74) is 5.48. The lowest BCUT2D eigenvalue weighted by atomic mass is 10.1. The van der Waals surface area contributed by atoms with Crippen LogP contribution in [-0.4, -0.2) is 11.9 Å². The second-order valence-corrected chi connectivity index (χ2v) is 7.74. The van der Waals surface area contributed by atoms with Crippen molar-refractivity contribution in [3.63, 3.8) is 0 Å². The minimum atomic E-state index is 0.735. The Morgan fingerprint density at radius 1 is 0.818 bits per heavy atom. The van der Waals surface area contributed by atoms with Gasteiger partial charge in [-0.15, -0.1) is 0 Å². The molecule has 0 aliphatic carbocycles. The van der Waals surface area contributed by atoms with E-state index in [4.69, 9.17) is 0 Å². The third kappa shape index (κ3) is 3.15. The van der Waals surface area contributed by atoms with Crippen molar-refractivity contribution in [2.45, 2.75) is 0 Å². The number of benzene rings is 2. The Morgan fingerprint density at radius 2 is 1.36 bits per heavy atom. The number of rotatable bonds is 2. The van der Waals surface area contributed by atoms with Crippen molar-refractivity contribution in [1.82, 2.24) is 5.53 Å². The number of hydrogen-bond donors (Lipinski definition) is 1. The molecule has 4 nitrogen and oxygen atoms in total. The molecule has 0 saturated heterocycles. The Balaban J connectivity index is 1.92. The summed E-state index contributed by atoms with van der Waals surface area (Å²) in [4.78, 5) is 0. The fourth-order valence-electron chi connectivity index (χ4n) is 1.93. The van der Waals surface area contributed by atoms with Crippen molar-refractivity contribution in [1.29, 1.82) is 0 Å². The Morgan fingerprint density at radius 3 is 1.86 bits per heavy atom. The van der Waals surface area contributed by atoms with Gasteiger partial charge in [0.05, 0.1) is 6.21 Å². The predicted octanol–water partition coefficient (Wildman–Crippen LogP) is 5.45. The zero-order valence-corrected chi connectivity index (χ0v) is 17.2. The van der Waals surface area contributed by atoms with Gasteiger partial charge in [0.15, 0.2) is 0 Å². The molecular weight excluding hydrogens is 544 g/mol. The molecule has 112 valence electrons. The van der Waals surface area contributed by atoms with E-state index < -0.39 is 0 Å². The van der Waals surface area contributed by atoms with E-state index in [-0.39, 0.29) is 0 Å². The largest absolute Gasteiger partial charge is 0.197 e. The summed E-state index contributed by atoms with van der Waals surface area (Å²) >= 11 is 14.1. The molecule has 2 aromatic carbocycles. The highest BCUT2D eigenvalue weighted by atomic mass is 79.9. The van der Waals surface area contributed by atoms with Crippen LogP contribution in [0.3, 0.4) is 0 Å². The molecule has 3 rings (SSSR count). The summed E-state index contributed by atoms with van der Waals surface area (Å²) in [5, 5.41) is 10.4. The van der Waals surface area contributed by atoms with Crippen LogP contribution in [0.4, 0.5) is 5.69 Å². The van der Waals surface area contributed by atoms with Crippen LogP contribution in [0, 0.1) is 0 Å². The SMILES string of the molecule is Brc1cccc(Br)c1C1=NNN(c2c(Br)cccc2Br)N=C1. The van der Waals surface area contributed by atoms with Gasteiger partial charge in [0.25, 0.3) is 0 Å². The summed E-state index contributed by atoms with van der Waals surface area (Å²) in [6.07, 6.45) is 1.72. The maximum absolute atomic E-state index is 4.43. The summed E-state index contributed by atoms with van der Waals surface area (Å²) in [5.74, 6) is 0. The molecule has 0 unspecified atom stereocenters. The van der Waals surface area contributed by atoms with E-state index in [9.17, 15) is 0 Å². The van der Waals surface area contributed by atoms with Gasteiger partial charge < -0.3 is 0 Å². The van der Waals surface area contributed by atoms with Gasteiger partial charge in [-0.3, -0.25) is 0 Å². The maximum Gasteiger partial charge on any atom is 0.115 e. The molecule has 0 radical (unpaired) electrons. The van der Waals surface area contributed by atoms with Crippen molar-refractivity contribution in [3.05, 3.63) is 59.9 Å². The number of nitrogens with zero attached hydrogens (tertiary/aromatic N) is 3. The predicted molar refractivity (Wildman–Crippen MR) is 104 cm³/mol. The number of anilines is 1. The van der Waals surface area contributed by atoms with Crippen LogP contribution < -0.4 is 10.7 Å². The molecule has 0 amide bonds. The molecule has 0 aromatic heterocycles. The van der Waals surface area contributed by atoms with Gasteiger partial charge in [0, 0.05) is 23.5 Å². The molecule has 1 aliphatic rings. The minimum absolute atomic E-state index is 0.735. The van der Waals surface area contributed by atoms with Gasteiger partial charge >= 0.3 is 0 Å². The molecule has 8 heteroatoms. The lowest BCUT2D eigenvalue weighted by Gasteiger charge is -2.23. The Hall–Kier alpha value is -0.700. The molecule has 2 aromatic rings. The fraction of sp³-hybridized carbons (Fsp3) is 0. The second kappa shape index (κ2) is 6.82. The van der Waals surface area contributed by atoms with Crippen LogP contribution in [0.25, 0.3) is 0 Å². The highest BCUT2D eigenvalue weighted by Gasteiger charge is 2.18. The third-order valence-corrected chi connectivity index (χ3v) is 5.53. The topological polar surface area (TPSA) is 40.0 Å². The van der Waals surface area contributed by atoms with Crippen LogP contribution >= 0.6 is 63.7 Å². The number of para-hydroxylation sites is 1. The highest BCUT2D eigenvalue weighted by molar-refractivity contribution is 9.11. The monoisotopic (exact) mass is 548 g/mol. The van der Waals surface area contributed by atoms with E-state index in [1.54, 1.807) is 11.3 Å². The molecule has 0 spiro atoms. The van der Waals surface area contributed by atoms with Crippen molar-refractivity contribution in [3.8, 4) is 0 Å². The number of hydrazone groups is 2. The van der Waals surface area contributed by atoms with Crippen molar-refractivity contribution < 1.29 is 0 Å². The maximum atomic E-state index is 4.43. The third-order valence-electron chi connectivity index (χ3n) is 2.93. The van der Waals surface area contributed by atoms with Crippen LogP contribution in [0.15, 0.2) is 64.5 Å². The van der Waals surface area contributed by atoms with Gasteiger partial charge in [-0.05, 0) is 56.1 Å². The van der Waals surface area contributed by atoms with E-state index in [2.05, 4.69) is 79.5 Å². The van der Waals surface area contributed by atoms with Crippen LogP contribution in [0.1, 0.15) is 5.56 Å². The van der Waals surface area contributed by atoms with E-state index in [1.165, 1.54) is 0 Å². The lowest BCUT2D eigenvalue weighted by Crippen LogP contribution is -2.35. The van der Waals surface area contributed by atoms with Crippen LogP contribution in [0.2, 0.25) is 0 Å². The Bertz CT molecular complexity index is 748. The van der Waals surface area contributed by atoms with E-state index in [0.717, 1.165) is 34.9 Å². The van der Waals surface area contributed by atoms with Crippen molar-refractivity contribution in [2.24, 2.45) is 10.2 Å². The summed E-state index contributed by atoms with van der Waals surface area (Å²) in [6.45, 7) is 0. The average Bonchev–Trinajstić information content (AvgIpc) is 2.48. The zero-order chi connectivity index (χ0) is 15.7. The van der Waals surface area contributed by atoms with E-state index in [0.29, 0.717) is 0 Å². The van der Waals surface area contributed by atoms with E-state index >= 15 is 0 Å². The fourth-order valence-corrected chi connectivity index (χ4v) is 4.67. The second-order valence-electron chi connectivity index (χ2n) is 4.32. The van der Waals surface area contributed by atoms with Gasteiger partial charge in [-0.1, -0.05) is 44.0 Å². The van der Waals surface area contributed by atoms with Gasteiger partial charge in [0.2, 0.25) is 0 Å². The smallest absolute Gasteiger partial charge is 0.115 e. The normalized spacial score (nSPS) is 13.8. The van der Waals surface area contributed by atoms with Crippen LogP contribution in [-0.2, 0) is 0 Å². The number of hydrazine groups is 1. The van der Waals surface area contributed by atoms with Gasteiger partial charge in [0.1, 0.15) is 11.4 Å². The number of hydrogen-bond acceptors (Lipinski definition) is 4. The number of halogens is 4. The van der Waals surface area contributed by atoms with Gasteiger partial charge in [-0.2, -0.15) is 20.9 Å². The number of nitrogens with one attached hydrogen (secondary N) is 1.